The maximum absolute atomic E-state index is 14.6. The summed E-state index contributed by atoms with van der Waals surface area (Å²) in [5.41, 5.74) is 1.01. The number of ketones is 1. The zero-order valence-corrected chi connectivity index (χ0v) is 16.8. The highest BCUT2D eigenvalue weighted by molar-refractivity contribution is 5.91. The fourth-order valence-corrected chi connectivity index (χ4v) is 4.09. The van der Waals surface area contributed by atoms with Crippen molar-refractivity contribution in [3.8, 4) is 5.75 Å². The van der Waals surface area contributed by atoms with E-state index in [1.807, 2.05) is 19.1 Å². The van der Waals surface area contributed by atoms with Crippen molar-refractivity contribution in [2.45, 2.75) is 50.1 Å². The quantitative estimate of drug-likeness (QED) is 0.784. The zero-order chi connectivity index (χ0) is 21.5. The molecular weight excluding hydrogens is 392 g/mol. The summed E-state index contributed by atoms with van der Waals surface area (Å²) in [6.07, 6.45) is 3.61. The number of ether oxygens (including phenoxy) is 1. The number of nitrogens with zero attached hydrogens (tertiary/aromatic N) is 1. The van der Waals surface area contributed by atoms with Gasteiger partial charge in [-0.05, 0) is 37.8 Å². The number of urea groups is 1. The number of aryl methyl sites for hydroxylation is 1. The summed E-state index contributed by atoms with van der Waals surface area (Å²) in [7, 11) is 1.32. The van der Waals surface area contributed by atoms with E-state index >= 15 is 0 Å². The van der Waals surface area contributed by atoms with Crippen LogP contribution in [0, 0.1) is 18.6 Å². The molecule has 2 aromatic rings. The van der Waals surface area contributed by atoms with E-state index in [4.69, 9.17) is 4.74 Å². The van der Waals surface area contributed by atoms with E-state index in [1.165, 1.54) is 7.11 Å². The fourth-order valence-electron chi connectivity index (χ4n) is 4.09. The van der Waals surface area contributed by atoms with Gasteiger partial charge in [-0.3, -0.25) is 9.78 Å². The van der Waals surface area contributed by atoms with E-state index in [0.29, 0.717) is 0 Å². The fraction of sp³-hybridized carbons (Fsp3) is 0.409. The van der Waals surface area contributed by atoms with Gasteiger partial charge < -0.3 is 15.4 Å². The van der Waals surface area contributed by atoms with Crippen LogP contribution in [0.3, 0.4) is 0 Å². The minimum atomic E-state index is -0.996. The summed E-state index contributed by atoms with van der Waals surface area (Å²) >= 11 is 0. The Morgan fingerprint density at radius 3 is 2.50 bits per heavy atom. The van der Waals surface area contributed by atoms with E-state index in [9.17, 15) is 18.4 Å². The molecule has 1 aromatic heterocycles. The lowest BCUT2D eigenvalue weighted by Crippen LogP contribution is -2.49. The largest absolute Gasteiger partial charge is 0.497 e. The average molecular weight is 415 g/mol. The minimum absolute atomic E-state index is 0.0570. The molecule has 0 unspecified atom stereocenters. The molecule has 4 rings (SSSR count). The first kappa shape index (κ1) is 20.3. The molecule has 8 heteroatoms. The molecule has 2 saturated carbocycles. The van der Waals surface area contributed by atoms with Crippen molar-refractivity contribution in [2.24, 2.45) is 0 Å². The van der Waals surface area contributed by atoms with Crippen LogP contribution < -0.4 is 15.4 Å². The summed E-state index contributed by atoms with van der Waals surface area (Å²) in [6, 6.07) is 4.42. The molecule has 0 spiro atoms. The van der Waals surface area contributed by atoms with Crippen LogP contribution in [0.4, 0.5) is 13.6 Å². The Kier molecular flexibility index (Phi) is 5.17. The molecule has 1 aromatic carbocycles. The van der Waals surface area contributed by atoms with Gasteiger partial charge in [0.05, 0.1) is 24.4 Å². The molecule has 1 heterocycles. The molecule has 0 bridgehead atoms. The van der Waals surface area contributed by atoms with E-state index in [2.05, 4.69) is 15.6 Å². The lowest BCUT2D eigenvalue weighted by atomic mass is 9.92. The number of nitrogens with one attached hydrogen (secondary N) is 2. The smallest absolute Gasteiger partial charge is 0.316 e. The predicted molar refractivity (Wildman–Crippen MR) is 105 cm³/mol. The number of hydrogen-bond acceptors (Lipinski definition) is 4. The maximum atomic E-state index is 14.6. The van der Waals surface area contributed by atoms with Gasteiger partial charge >= 0.3 is 6.03 Å². The number of aromatic nitrogens is 1. The van der Waals surface area contributed by atoms with E-state index in [0.717, 1.165) is 36.2 Å². The molecule has 2 aliphatic carbocycles. The second-order valence-corrected chi connectivity index (χ2v) is 8.00. The Bertz CT molecular complexity index is 967. The van der Waals surface area contributed by atoms with Gasteiger partial charge in [0.25, 0.3) is 0 Å². The molecule has 6 nitrogen and oxygen atoms in total. The number of hydrogen-bond donors (Lipinski definition) is 2. The van der Waals surface area contributed by atoms with Crippen molar-refractivity contribution < 1.29 is 23.1 Å². The van der Waals surface area contributed by atoms with Gasteiger partial charge in [-0.2, -0.15) is 0 Å². The number of benzene rings is 1. The van der Waals surface area contributed by atoms with Crippen molar-refractivity contribution in [3.05, 3.63) is 58.9 Å². The molecule has 30 heavy (non-hydrogen) atoms. The van der Waals surface area contributed by atoms with Crippen LogP contribution in [0.15, 0.2) is 30.5 Å². The Morgan fingerprint density at radius 1 is 1.23 bits per heavy atom. The van der Waals surface area contributed by atoms with Crippen molar-refractivity contribution in [1.29, 1.82) is 0 Å². The Morgan fingerprint density at radius 2 is 1.93 bits per heavy atom. The third kappa shape index (κ3) is 3.74. The third-order valence-corrected chi connectivity index (χ3v) is 5.90. The topological polar surface area (TPSA) is 80.3 Å². The van der Waals surface area contributed by atoms with Crippen LogP contribution in [0.5, 0.6) is 5.75 Å². The molecule has 2 atom stereocenters. The van der Waals surface area contributed by atoms with Gasteiger partial charge in [0.1, 0.15) is 17.4 Å². The number of methoxy groups -OCH3 is 1. The second-order valence-electron chi connectivity index (χ2n) is 8.00. The Hall–Kier alpha value is -3.03. The van der Waals surface area contributed by atoms with E-state index in [-0.39, 0.29) is 29.9 Å². The summed E-state index contributed by atoms with van der Waals surface area (Å²) in [6.45, 7) is 1.93. The second kappa shape index (κ2) is 7.66. The van der Waals surface area contributed by atoms with Gasteiger partial charge in [0.15, 0.2) is 5.78 Å². The molecule has 2 aliphatic rings. The lowest BCUT2D eigenvalue weighted by Gasteiger charge is -2.24. The zero-order valence-electron chi connectivity index (χ0n) is 16.8. The standard InChI is InChI=1S/C22H23F2N3O3/c1-12-3-6-18(25-11-12)22(7-8-22)27-21(29)26-20-14(4-5-17(20)28)19-15(23)9-13(30-2)10-16(19)24/h3,6,9-11,14,20H,4-5,7-8H2,1-2H3,(H2,26,27,29)/t14-,20-/m0/s1. The first-order valence-corrected chi connectivity index (χ1v) is 9.90. The van der Waals surface area contributed by atoms with Crippen LogP contribution in [0.1, 0.15) is 48.4 Å². The third-order valence-electron chi connectivity index (χ3n) is 5.90. The monoisotopic (exact) mass is 415 g/mol. The van der Waals surface area contributed by atoms with Gasteiger partial charge in [-0.1, -0.05) is 6.07 Å². The summed E-state index contributed by atoms with van der Waals surface area (Å²) in [4.78, 5) is 29.5. The lowest BCUT2D eigenvalue weighted by molar-refractivity contribution is -0.119. The number of Topliss-reactive ketones (excluding diaryl/α,β-unsaturated/α-hetero) is 1. The number of carbonyl (C=O) groups excluding carboxylic acids is 2. The highest BCUT2D eigenvalue weighted by atomic mass is 19.1. The van der Waals surface area contributed by atoms with E-state index in [1.54, 1.807) is 6.20 Å². The van der Waals surface area contributed by atoms with Crippen LogP contribution >= 0.6 is 0 Å². The van der Waals surface area contributed by atoms with Crippen LogP contribution in [-0.4, -0.2) is 29.9 Å². The SMILES string of the molecule is COc1cc(F)c([C@@H]2CCC(=O)[C@H]2NC(=O)NC2(c3ccc(C)cn3)CC2)c(F)c1. The molecule has 2 N–H and O–H groups in total. The average Bonchev–Trinajstić information content (AvgIpc) is 3.40. The number of amides is 2. The Labute approximate surface area is 173 Å². The van der Waals surface area contributed by atoms with Crippen LogP contribution in [-0.2, 0) is 10.3 Å². The van der Waals surface area contributed by atoms with Crippen molar-refractivity contribution in [3.63, 3.8) is 0 Å². The minimum Gasteiger partial charge on any atom is -0.497 e. The van der Waals surface area contributed by atoms with Crippen molar-refractivity contribution in [1.82, 2.24) is 15.6 Å². The maximum Gasteiger partial charge on any atom is 0.316 e. The molecule has 2 amide bonds. The molecule has 2 fully saturated rings. The first-order chi connectivity index (χ1) is 14.3. The highest BCUT2D eigenvalue weighted by Crippen LogP contribution is 2.44. The van der Waals surface area contributed by atoms with Crippen LogP contribution in [0.25, 0.3) is 0 Å². The molecular formula is C22H23F2N3O3. The first-order valence-electron chi connectivity index (χ1n) is 9.90. The van der Waals surface area contributed by atoms with E-state index < -0.39 is 35.2 Å². The summed E-state index contributed by atoms with van der Waals surface area (Å²) < 4.78 is 34.0. The van der Waals surface area contributed by atoms with Crippen LogP contribution in [0.2, 0.25) is 0 Å². The van der Waals surface area contributed by atoms with Crippen molar-refractivity contribution >= 4 is 11.8 Å². The van der Waals surface area contributed by atoms with Gasteiger partial charge in [0, 0.05) is 36.2 Å². The normalized spacial score (nSPS) is 21.9. The van der Waals surface area contributed by atoms with Gasteiger partial charge in [-0.25, -0.2) is 13.6 Å². The van der Waals surface area contributed by atoms with Crippen molar-refractivity contribution in [2.75, 3.05) is 7.11 Å². The highest BCUT2D eigenvalue weighted by Gasteiger charge is 2.48. The molecule has 0 aliphatic heterocycles. The Balaban J connectivity index is 1.51. The molecule has 158 valence electrons. The predicted octanol–water partition coefficient (Wildman–Crippen LogP) is 3.48. The number of halogens is 2. The number of rotatable bonds is 5. The number of carbonyl (C=O) groups is 2. The summed E-state index contributed by atoms with van der Waals surface area (Å²) in [5.74, 6) is -2.55. The summed E-state index contributed by atoms with van der Waals surface area (Å²) in [5, 5.41) is 5.54. The number of pyridine rings is 1. The molecule has 0 saturated heterocycles. The van der Waals surface area contributed by atoms with Gasteiger partial charge in [0.2, 0.25) is 0 Å². The van der Waals surface area contributed by atoms with Gasteiger partial charge in [-0.15, -0.1) is 0 Å². The molecule has 0 radical (unpaired) electrons.